The van der Waals surface area contributed by atoms with E-state index >= 15 is 0 Å². The number of alkyl halides is 3. The zero-order valence-electron chi connectivity index (χ0n) is 10.5. The molecular formula is C11H20F3NO2S. The molecule has 0 aromatic heterocycles. The van der Waals surface area contributed by atoms with Crippen molar-refractivity contribution < 1.29 is 21.6 Å². The Morgan fingerprint density at radius 3 is 2.61 bits per heavy atom. The molecule has 2 atom stereocenters. The van der Waals surface area contributed by atoms with Gasteiger partial charge >= 0.3 is 6.18 Å². The molecule has 18 heavy (non-hydrogen) atoms. The van der Waals surface area contributed by atoms with E-state index in [9.17, 15) is 21.6 Å². The van der Waals surface area contributed by atoms with Crippen molar-refractivity contribution in [3.63, 3.8) is 0 Å². The van der Waals surface area contributed by atoms with Crippen LogP contribution in [0, 0.1) is 0 Å². The van der Waals surface area contributed by atoms with Gasteiger partial charge < -0.3 is 5.32 Å². The highest BCUT2D eigenvalue weighted by molar-refractivity contribution is 7.91. The first-order chi connectivity index (χ1) is 8.18. The molecule has 1 saturated heterocycles. The van der Waals surface area contributed by atoms with E-state index in [-0.39, 0.29) is 30.0 Å². The second-order valence-corrected chi connectivity index (χ2v) is 7.26. The van der Waals surface area contributed by atoms with Gasteiger partial charge in [0.15, 0.2) is 9.84 Å². The van der Waals surface area contributed by atoms with Gasteiger partial charge in [0.25, 0.3) is 0 Å². The lowest BCUT2D eigenvalue weighted by atomic mass is 10.1. The summed E-state index contributed by atoms with van der Waals surface area (Å²) >= 11 is 0. The molecule has 2 unspecified atom stereocenters. The molecule has 0 aliphatic carbocycles. The molecule has 0 saturated carbocycles. The monoisotopic (exact) mass is 287 g/mol. The molecule has 0 aromatic carbocycles. The summed E-state index contributed by atoms with van der Waals surface area (Å²) in [4.78, 5) is 0. The van der Waals surface area contributed by atoms with Gasteiger partial charge in [-0.15, -0.1) is 0 Å². The van der Waals surface area contributed by atoms with Gasteiger partial charge in [0.2, 0.25) is 0 Å². The minimum absolute atomic E-state index is 0.0781. The number of nitrogens with one attached hydrogen (secondary N) is 1. The maximum absolute atomic E-state index is 12.0. The van der Waals surface area contributed by atoms with Gasteiger partial charge in [-0.25, -0.2) is 8.42 Å². The fourth-order valence-electron chi connectivity index (χ4n) is 2.25. The summed E-state index contributed by atoms with van der Waals surface area (Å²) in [6.07, 6.45) is -2.97. The van der Waals surface area contributed by atoms with Crippen LogP contribution in [0.25, 0.3) is 0 Å². The van der Waals surface area contributed by atoms with Crippen molar-refractivity contribution >= 4 is 9.84 Å². The summed E-state index contributed by atoms with van der Waals surface area (Å²) in [5.74, 6) is 0.338. The second kappa shape index (κ2) is 6.23. The highest BCUT2D eigenvalue weighted by Crippen LogP contribution is 2.23. The van der Waals surface area contributed by atoms with Crippen molar-refractivity contribution in [3.8, 4) is 0 Å². The SMILES string of the molecule is CC(CCCC(F)(F)F)NC1CCCS(=O)(=O)C1. The van der Waals surface area contributed by atoms with Crippen LogP contribution < -0.4 is 5.32 Å². The molecule has 7 heteroatoms. The minimum Gasteiger partial charge on any atom is -0.310 e. The molecule has 0 aromatic rings. The predicted molar refractivity (Wildman–Crippen MR) is 64.2 cm³/mol. The van der Waals surface area contributed by atoms with Gasteiger partial charge in [-0.1, -0.05) is 0 Å². The topological polar surface area (TPSA) is 46.2 Å². The lowest BCUT2D eigenvalue weighted by Gasteiger charge is -2.26. The van der Waals surface area contributed by atoms with E-state index in [1.165, 1.54) is 0 Å². The molecule has 1 aliphatic rings. The third-order valence-electron chi connectivity index (χ3n) is 3.08. The summed E-state index contributed by atoms with van der Waals surface area (Å²) in [7, 11) is -2.96. The Kier molecular flexibility index (Phi) is 5.46. The van der Waals surface area contributed by atoms with E-state index in [0.717, 1.165) is 6.42 Å². The van der Waals surface area contributed by atoms with Crippen molar-refractivity contribution in [1.29, 1.82) is 0 Å². The number of halogens is 3. The van der Waals surface area contributed by atoms with Gasteiger partial charge in [0, 0.05) is 18.5 Å². The van der Waals surface area contributed by atoms with Crippen LogP contribution in [0.3, 0.4) is 0 Å². The minimum atomic E-state index is -4.10. The standard InChI is InChI=1S/C11H20F3NO2S/c1-9(4-2-6-11(12,13)14)15-10-5-3-7-18(16,17)8-10/h9-10,15H,2-8H2,1H3. The summed E-state index contributed by atoms with van der Waals surface area (Å²) < 4.78 is 58.7. The van der Waals surface area contributed by atoms with Crippen LogP contribution in [0.5, 0.6) is 0 Å². The molecule has 0 radical (unpaired) electrons. The largest absolute Gasteiger partial charge is 0.389 e. The average molecular weight is 287 g/mol. The first kappa shape index (κ1) is 15.8. The zero-order valence-corrected chi connectivity index (χ0v) is 11.3. The van der Waals surface area contributed by atoms with Crippen LogP contribution >= 0.6 is 0 Å². The van der Waals surface area contributed by atoms with Crippen molar-refractivity contribution in [2.24, 2.45) is 0 Å². The normalized spacial score (nSPS) is 25.9. The second-order valence-electron chi connectivity index (χ2n) is 5.03. The van der Waals surface area contributed by atoms with Crippen LogP contribution in [0.4, 0.5) is 13.2 Å². The molecule has 3 nitrogen and oxygen atoms in total. The molecule has 1 fully saturated rings. The van der Waals surface area contributed by atoms with Crippen molar-refractivity contribution in [2.75, 3.05) is 11.5 Å². The first-order valence-corrected chi connectivity index (χ1v) is 8.03. The van der Waals surface area contributed by atoms with E-state index in [2.05, 4.69) is 5.32 Å². The molecular weight excluding hydrogens is 267 g/mol. The van der Waals surface area contributed by atoms with E-state index in [0.29, 0.717) is 12.8 Å². The van der Waals surface area contributed by atoms with E-state index < -0.39 is 22.4 Å². The molecule has 0 bridgehead atoms. The fraction of sp³-hybridized carbons (Fsp3) is 1.00. The first-order valence-electron chi connectivity index (χ1n) is 6.21. The lowest BCUT2D eigenvalue weighted by Crippen LogP contribution is -2.44. The van der Waals surface area contributed by atoms with E-state index in [1.807, 2.05) is 0 Å². The van der Waals surface area contributed by atoms with Gasteiger partial charge in [0.05, 0.1) is 11.5 Å². The molecule has 1 N–H and O–H groups in total. The fourth-order valence-corrected chi connectivity index (χ4v) is 3.90. The van der Waals surface area contributed by atoms with Crippen LogP contribution in [0.2, 0.25) is 0 Å². The van der Waals surface area contributed by atoms with Crippen LogP contribution in [0.1, 0.15) is 39.0 Å². The summed E-state index contributed by atoms with van der Waals surface area (Å²) in [5.41, 5.74) is 0. The Morgan fingerprint density at radius 2 is 2.06 bits per heavy atom. The lowest BCUT2D eigenvalue weighted by molar-refractivity contribution is -0.135. The molecule has 1 rings (SSSR count). The van der Waals surface area contributed by atoms with Crippen LogP contribution in [0.15, 0.2) is 0 Å². The Labute approximate surface area is 106 Å². The highest BCUT2D eigenvalue weighted by Gasteiger charge is 2.28. The smallest absolute Gasteiger partial charge is 0.310 e. The van der Waals surface area contributed by atoms with Gasteiger partial charge in [-0.2, -0.15) is 13.2 Å². The number of hydrogen-bond donors (Lipinski definition) is 1. The van der Waals surface area contributed by atoms with Gasteiger partial charge in [-0.05, 0) is 32.6 Å². The maximum atomic E-state index is 12.0. The quantitative estimate of drug-likeness (QED) is 0.844. The molecule has 0 spiro atoms. The average Bonchev–Trinajstić information content (AvgIpc) is 2.13. The number of rotatable bonds is 5. The highest BCUT2D eigenvalue weighted by atomic mass is 32.2. The van der Waals surface area contributed by atoms with Crippen molar-refractivity contribution in [1.82, 2.24) is 5.32 Å². The van der Waals surface area contributed by atoms with Gasteiger partial charge in [-0.3, -0.25) is 0 Å². The number of hydrogen-bond acceptors (Lipinski definition) is 3. The number of sulfone groups is 1. The summed E-state index contributed by atoms with van der Waals surface area (Å²) in [6.45, 7) is 1.80. The van der Waals surface area contributed by atoms with E-state index in [4.69, 9.17) is 0 Å². The Balaban J connectivity index is 2.25. The van der Waals surface area contributed by atoms with Crippen molar-refractivity contribution in [2.45, 2.75) is 57.3 Å². The summed E-state index contributed by atoms with van der Waals surface area (Å²) in [6, 6.07) is -0.185. The maximum Gasteiger partial charge on any atom is 0.389 e. The molecule has 108 valence electrons. The molecule has 0 amide bonds. The Bertz CT molecular complexity index is 354. The van der Waals surface area contributed by atoms with Crippen molar-refractivity contribution in [3.05, 3.63) is 0 Å². The molecule has 1 heterocycles. The molecule has 1 aliphatic heterocycles. The van der Waals surface area contributed by atoms with Gasteiger partial charge in [0.1, 0.15) is 0 Å². The van der Waals surface area contributed by atoms with Crippen LogP contribution in [-0.4, -0.2) is 38.2 Å². The third-order valence-corrected chi connectivity index (χ3v) is 4.90. The Hall–Kier alpha value is -0.300. The third kappa shape index (κ3) is 6.58. The predicted octanol–water partition coefficient (Wildman–Crippen LogP) is 2.27. The Morgan fingerprint density at radius 1 is 1.39 bits per heavy atom. The van der Waals surface area contributed by atoms with E-state index in [1.54, 1.807) is 6.92 Å². The van der Waals surface area contributed by atoms with Crippen LogP contribution in [-0.2, 0) is 9.84 Å². The summed E-state index contributed by atoms with van der Waals surface area (Å²) in [5, 5.41) is 3.11. The zero-order chi connectivity index (χ0) is 13.8.